The van der Waals surface area contributed by atoms with Gasteiger partial charge in [-0.25, -0.2) is 0 Å². The monoisotopic (exact) mass is 288 g/mol. The molecule has 0 atom stereocenters. The molecule has 21 heavy (non-hydrogen) atoms. The molecule has 3 heteroatoms. The number of anilines is 1. The van der Waals surface area contributed by atoms with Gasteiger partial charge in [-0.2, -0.15) is 0 Å². The SMILES string of the molecule is CNC1(CC(=O)Nc2ccccc2C(C)C)CCCCC1. The van der Waals surface area contributed by atoms with Gasteiger partial charge >= 0.3 is 0 Å². The van der Waals surface area contributed by atoms with E-state index in [-0.39, 0.29) is 11.4 Å². The minimum atomic E-state index is -0.00485. The van der Waals surface area contributed by atoms with Crippen LogP contribution in [-0.4, -0.2) is 18.5 Å². The molecule has 1 fully saturated rings. The Morgan fingerprint density at radius 3 is 2.48 bits per heavy atom. The molecule has 0 spiro atoms. The van der Waals surface area contributed by atoms with E-state index >= 15 is 0 Å². The van der Waals surface area contributed by atoms with Crippen LogP contribution in [0.5, 0.6) is 0 Å². The van der Waals surface area contributed by atoms with Crippen LogP contribution in [0.2, 0.25) is 0 Å². The molecule has 0 unspecified atom stereocenters. The van der Waals surface area contributed by atoms with E-state index in [0.29, 0.717) is 12.3 Å². The summed E-state index contributed by atoms with van der Waals surface area (Å²) < 4.78 is 0. The van der Waals surface area contributed by atoms with Crippen LogP contribution in [0.4, 0.5) is 5.69 Å². The number of carbonyl (C=O) groups is 1. The Kier molecular flexibility index (Phi) is 5.40. The quantitative estimate of drug-likeness (QED) is 0.858. The Morgan fingerprint density at radius 2 is 1.86 bits per heavy atom. The first kappa shape index (κ1) is 16.0. The number of rotatable bonds is 5. The lowest BCUT2D eigenvalue weighted by atomic mass is 9.79. The Bertz CT molecular complexity index is 476. The van der Waals surface area contributed by atoms with Crippen LogP contribution >= 0.6 is 0 Å². The number of hydrogen-bond acceptors (Lipinski definition) is 2. The average Bonchev–Trinajstić information content (AvgIpc) is 2.48. The maximum Gasteiger partial charge on any atom is 0.226 e. The standard InChI is InChI=1S/C18H28N2O/c1-14(2)15-9-5-6-10-16(15)20-17(21)13-18(19-3)11-7-4-8-12-18/h5-6,9-10,14,19H,4,7-8,11-13H2,1-3H3,(H,20,21). The van der Waals surface area contributed by atoms with Crippen molar-refractivity contribution >= 4 is 11.6 Å². The second-order valence-electron chi connectivity index (χ2n) is 6.56. The lowest BCUT2D eigenvalue weighted by molar-refractivity contribution is -0.117. The molecule has 1 aliphatic carbocycles. The van der Waals surface area contributed by atoms with Crippen LogP contribution in [0.1, 0.15) is 63.9 Å². The van der Waals surface area contributed by atoms with Gasteiger partial charge in [0.05, 0.1) is 0 Å². The lowest BCUT2D eigenvalue weighted by Crippen LogP contribution is -2.47. The third kappa shape index (κ3) is 4.07. The molecule has 1 aromatic rings. The number of hydrogen-bond donors (Lipinski definition) is 2. The van der Waals surface area contributed by atoms with Gasteiger partial charge in [-0.05, 0) is 37.4 Å². The Labute approximate surface area is 128 Å². The summed E-state index contributed by atoms with van der Waals surface area (Å²) in [6.07, 6.45) is 6.50. The van der Waals surface area contributed by atoms with Gasteiger partial charge in [0, 0.05) is 17.6 Å². The van der Waals surface area contributed by atoms with Crippen LogP contribution in [0.25, 0.3) is 0 Å². The number of benzene rings is 1. The maximum absolute atomic E-state index is 12.5. The normalized spacial score (nSPS) is 17.7. The van der Waals surface area contributed by atoms with Gasteiger partial charge in [0.2, 0.25) is 5.91 Å². The zero-order chi connectivity index (χ0) is 15.3. The fourth-order valence-electron chi connectivity index (χ4n) is 3.36. The molecule has 116 valence electrons. The van der Waals surface area contributed by atoms with E-state index in [1.807, 2.05) is 25.2 Å². The number of para-hydroxylation sites is 1. The third-order valence-corrected chi connectivity index (χ3v) is 4.70. The molecule has 0 bridgehead atoms. The van der Waals surface area contributed by atoms with Crippen molar-refractivity contribution in [1.29, 1.82) is 0 Å². The highest BCUT2D eigenvalue weighted by Gasteiger charge is 2.32. The first-order valence-electron chi connectivity index (χ1n) is 8.14. The van der Waals surface area contributed by atoms with E-state index in [0.717, 1.165) is 18.5 Å². The number of nitrogens with one attached hydrogen (secondary N) is 2. The van der Waals surface area contributed by atoms with Gasteiger partial charge in [0.1, 0.15) is 0 Å². The van der Waals surface area contributed by atoms with Crippen molar-refractivity contribution in [2.75, 3.05) is 12.4 Å². The molecule has 0 radical (unpaired) electrons. The van der Waals surface area contributed by atoms with E-state index in [4.69, 9.17) is 0 Å². The van der Waals surface area contributed by atoms with Gasteiger partial charge in [-0.1, -0.05) is 51.3 Å². The van der Waals surface area contributed by atoms with Crippen molar-refractivity contribution < 1.29 is 4.79 Å². The molecule has 2 N–H and O–H groups in total. The summed E-state index contributed by atoms with van der Waals surface area (Å²) in [5, 5.41) is 6.53. The molecule has 0 saturated heterocycles. The molecule has 1 aliphatic rings. The smallest absolute Gasteiger partial charge is 0.226 e. The van der Waals surface area contributed by atoms with E-state index in [1.54, 1.807) is 0 Å². The van der Waals surface area contributed by atoms with Gasteiger partial charge in [-0.3, -0.25) is 4.79 Å². The van der Waals surface area contributed by atoms with Gasteiger partial charge in [0.15, 0.2) is 0 Å². The van der Waals surface area contributed by atoms with Crippen molar-refractivity contribution in [3.63, 3.8) is 0 Å². The molecule has 0 aliphatic heterocycles. The summed E-state index contributed by atoms with van der Waals surface area (Å²) in [6, 6.07) is 8.10. The lowest BCUT2D eigenvalue weighted by Gasteiger charge is -2.36. The van der Waals surface area contributed by atoms with Crippen LogP contribution < -0.4 is 10.6 Å². The highest BCUT2D eigenvalue weighted by molar-refractivity contribution is 5.92. The highest BCUT2D eigenvalue weighted by Crippen LogP contribution is 2.31. The fraction of sp³-hybridized carbons (Fsp3) is 0.611. The van der Waals surface area contributed by atoms with Crippen LogP contribution in [-0.2, 0) is 4.79 Å². The number of carbonyl (C=O) groups excluding carboxylic acids is 1. The van der Waals surface area contributed by atoms with Gasteiger partial charge < -0.3 is 10.6 Å². The van der Waals surface area contributed by atoms with E-state index < -0.39 is 0 Å². The first-order chi connectivity index (χ1) is 10.1. The molecule has 1 amide bonds. The molecular formula is C18H28N2O. The second kappa shape index (κ2) is 7.08. The van der Waals surface area contributed by atoms with Crippen molar-refractivity contribution in [2.24, 2.45) is 0 Å². The first-order valence-corrected chi connectivity index (χ1v) is 8.14. The minimum Gasteiger partial charge on any atom is -0.326 e. The molecule has 1 aromatic carbocycles. The van der Waals surface area contributed by atoms with Crippen LogP contribution in [0, 0.1) is 0 Å². The number of amides is 1. The predicted molar refractivity (Wildman–Crippen MR) is 88.7 cm³/mol. The van der Waals surface area contributed by atoms with Crippen molar-refractivity contribution in [3.05, 3.63) is 29.8 Å². The van der Waals surface area contributed by atoms with E-state index in [2.05, 4.69) is 30.5 Å². The molecule has 2 rings (SSSR count). The van der Waals surface area contributed by atoms with Crippen molar-refractivity contribution in [3.8, 4) is 0 Å². The summed E-state index contributed by atoms with van der Waals surface area (Å²) in [7, 11) is 1.99. The molecule has 0 heterocycles. The Balaban J connectivity index is 2.04. The van der Waals surface area contributed by atoms with Crippen LogP contribution in [0.3, 0.4) is 0 Å². The van der Waals surface area contributed by atoms with Crippen LogP contribution in [0.15, 0.2) is 24.3 Å². The second-order valence-corrected chi connectivity index (χ2v) is 6.56. The molecule has 0 aromatic heterocycles. The topological polar surface area (TPSA) is 41.1 Å². The summed E-state index contributed by atoms with van der Waals surface area (Å²) in [4.78, 5) is 12.5. The van der Waals surface area contributed by atoms with Gasteiger partial charge in [-0.15, -0.1) is 0 Å². The molecule has 3 nitrogen and oxygen atoms in total. The zero-order valence-corrected chi connectivity index (χ0v) is 13.5. The summed E-state index contributed by atoms with van der Waals surface area (Å²) >= 11 is 0. The third-order valence-electron chi connectivity index (χ3n) is 4.70. The van der Waals surface area contributed by atoms with E-state index in [9.17, 15) is 4.79 Å². The zero-order valence-electron chi connectivity index (χ0n) is 13.5. The minimum absolute atomic E-state index is 0.00485. The Hall–Kier alpha value is -1.35. The summed E-state index contributed by atoms with van der Waals surface area (Å²) in [6.45, 7) is 4.31. The van der Waals surface area contributed by atoms with E-state index in [1.165, 1.54) is 24.8 Å². The van der Waals surface area contributed by atoms with Gasteiger partial charge in [0.25, 0.3) is 0 Å². The summed E-state index contributed by atoms with van der Waals surface area (Å²) in [5.74, 6) is 0.536. The largest absolute Gasteiger partial charge is 0.326 e. The fourth-order valence-corrected chi connectivity index (χ4v) is 3.36. The molecule has 1 saturated carbocycles. The van der Waals surface area contributed by atoms with Crippen molar-refractivity contribution in [1.82, 2.24) is 5.32 Å². The Morgan fingerprint density at radius 1 is 1.19 bits per heavy atom. The predicted octanol–water partition coefficient (Wildman–Crippen LogP) is 4.06. The van der Waals surface area contributed by atoms with Crippen molar-refractivity contribution in [2.45, 2.75) is 63.8 Å². The maximum atomic E-state index is 12.5. The highest BCUT2D eigenvalue weighted by atomic mass is 16.1. The summed E-state index contributed by atoms with van der Waals surface area (Å²) in [5.41, 5.74) is 2.15. The average molecular weight is 288 g/mol. The molecular weight excluding hydrogens is 260 g/mol.